The molecule has 3 aromatic rings. The molecule has 1 fully saturated rings. The summed E-state index contributed by atoms with van der Waals surface area (Å²) in [6, 6.07) is 8.90. The summed E-state index contributed by atoms with van der Waals surface area (Å²) in [6.45, 7) is 2.42. The van der Waals surface area contributed by atoms with Gasteiger partial charge in [-0.25, -0.2) is 0 Å². The van der Waals surface area contributed by atoms with Crippen molar-refractivity contribution in [3.63, 3.8) is 0 Å². The van der Waals surface area contributed by atoms with Crippen LogP contribution in [-0.4, -0.2) is 39.5 Å². The standard InChI is InChI=1S/C20H21Cl2N5O2S/c21-15-7-4-8-16(18(15)22)23-17(28)13-30-20-25-24-19(26-9-2-1-3-10-26)27(20)12-14-6-5-11-29-14/h4-8,11H,1-3,9-10,12-13H2,(H,23,28). The minimum atomic E-state index is -0.198. The number of rotatable bonds is 7. The van der Waals surface area contributed by atoms with Gasteiger partial charge in [0.05, 0.1) is 34.3 Å². The van der Waals surface area contributed by atoms with Crippen LogP contribution in [0.5, 0.6) is 0 Å². The third kappa shape index (κ3) is 4.94. The van der Waals surface area contributed by atoms with Gasteiger partial charge < -0.3 is 14.6 Å². The number of furan rings is 1. The first kappa shape index (κ1) is 21.1. The van der Waals surface area contributed by atoms with Crippen LogP contribution in [0.3, 0.4) is 0 Å². The maximum Gasteiger partial charge on any atom is 0.234 e. The number of benzene rings is 1. The van der Waals surface area contributed by atoms with E-state index in [1.54, 1.807) is 24.5 Å². The minimum Gasteiger partial charge on any atom is -0.467 e. The molecule has 2 aromatic heterocycles. The number of nitrogens with one attached hydrogen (secondary N) is 1. The van der Waals surface area contributed by atoms with E-state index in [-0.39, 0.29) is 11.7 Å². The highest BCUT2D eigenvalue weighted by molar-refractivity contribution is 7.99. The van der Waals surface area contributed by atoms with Gasteiger partial charge in [0, 0.05) is 13.1 Å². The van der Waals surface area contributed by atoms with Gasteiger partial charge in [-0.15, -0.1) is 10.2 Å². The number of amides is 1. The van der Waals surface area contributed by atoms with E-state index in [2.05, 4.69) is 20.4 Å². The summed E-state index contributed by atoms with van der Waals surface area (Å²) >= 11 is 13.5. The van der Waals surface area contributed by atoms with Crippen LogP contribution in [0.15, 0.2) is 46.2 Å². The molecule has 0 unspecified atom stereocenters. The van der Waals surface area contributed by atoms with Crippen LogP contribution in [0.1, 0.15) is 25.0 Å². The Labute approximate surface area is 188 Å². The Hall–Kier alpha value is -2.16. The number of carbonyl (C=O) groups is 1. The van der Waals surface area contributed by atoms with E-state index in [9.17, 15) is 4.79 Å². The van der Waals surface area contributed by atoms with Crippen LogP contribution in [0.4, 0.5) is 11.6 Å². The molecule has 4 rings (SSSR count). The smallest absolute Gasteiger partial charge is 0.234 e. The van der Waals surface area contributed by atoms with Crippen molar-refractivity contribution in [3.05, 3.63) is 52.4 Å². The van der Waals surface area contributed by atoms with Crippen LogP contribution in [-0.2, 0) is 11.3 Å². The van der Waals surface area contributed by atoms with Gasteiger partial charge in [-0.3, -0.25) is 9.36 Å². The average molecular weight is 466 g/mol. The molecular formula is C20H21Cl2N5O2S. The summed E-state index contributed by atoms with van der Waals surface area (Å²) in [5.74, 6) is 1.59. The molecule has 0 radical (unpaired) electrons. The number of piperidine rings is 1. The largest absolute Gasteiger partial charge is 0.467 e. The third-order valence-corrected chi connectivity index (χ3v) is 6.57. The van der Waals surface area contributed by atoms with E-state index in [1.165, 1.54) is 18.2 Å². The van der Waals surface area contributed by atoms with E-state index >= 15 is 0 Å². The zero-order valence-electron chi connectivity index (χ0n) is 16.2. The first-order chi connectivity index (χ1) is 14.6. The number of anilines is 2. The highest BCUT2D eigenvalue weighted by Crippen LogP contribution is 2.30. The highest BCUT2D eigenvalue weighted by atomic mass is 35.5. The van der Waals surface area contributed by atoms with Crippen molar-refractivity contribution in [2.45, 2.75) is 31.0 Å². The molecule has 1 aromatic carbocycles. The zero-order chi connectivity index (χ0) is 20.9. The van der Waals surface area contributed by atoms with Crippen molar-refractivity contribution in [3.8, 4) is 0 Å². The van der Waals surface area contributed by atoms with Crippen LogP contribution in [0.2, 0.25) is 10.0 Å². The number of hydrogen-bond acceptors (Lipinski definition) is 6. The molecular weight excluding hydrogens is 445 g/mol. The number of nitrogens with zero attached hydrogens (tertiary/aromatic N) is 4. The average Bonchev–Trinajstić information content (AvgIpc) is 3.41. The molecule has 0 saturated carbocycles. The van der Waals surface area contributed by atoms with Crippen LogP contribution in [0, 0.1) is 0 Å². The maximum atomic E-state index is 12.5. The first-order valence-electron chi connectivity index (χ1n) is 9.69. The lowest BCUT2D eigenvalue weighted by Crippen LogP contribution is -2.32. The number of carbonyl (C=O) groups excluding carboxylic acids is 1. The molecule has 0 spiro atoms. The van der Waals surface area contributed by atoms with Crippen LogP contribution >= 0.6 is 35.0 Å². The van der Waals surface area contributed by atoms with Crippen molar-refractivity contribution >= 4 is 52.5 Å². The SMILES string of the molecule is O=C(CSc1nnc(N2CCCCC2)n1Cc1ccco1)Nc1cccc(Cl)c1Cl. The molecule has 7 nitrogen and oxygen atoms in total. The van der Waals surface area contributed by atoms with Gasteiger partial charge in [-0.05, 0) is 43.5 Å². The summed E-state index contributed by atoms with van der Waals surface area (Å²) in [6.07, 6.45) is 5.16. The fourth-order valence-electron chi connectivity index (χ4n) is 3.33. The van der Waals surface area contributed by atoms with E-state index in [0.29, 0.717) is 27.4 Å². The normalized spacial score (nSPS) is 14.1. The minimum absolute atomic E-state index is 0.166. The Morgan fingerprint density at radius 3 is 2.73 bits per heavy atom. The molecule has 0 aliphatic carbocycles. The van der Waals surface area contributed by atoms with Crippen LogP contribution in [0.25, 0.3) is 0 Å². The molecule has 1 amide bonds. The maximum absolute atomic E-state index is 12.5. The lowest BCUT2D eigenvalue weighted by atomic mass is 10.1. The molecule has 30 heavy (non-hydrogen) atoms. The van der Waals surface area contributed by atoms with Gasteiger partial charge in [-0.2, -0.15) is 0 Å². The summed E-state index contributed by atoms with van der Waals surface area (Å²) in [7, 11) is 0. The molecule has 158 valence electrons. The molecule has 0 bridgehead atoms. The fourth-order valence-corrected chi connectivity index (χ4v) is 4.41. The van der Waals surface area contributed by atoms with E-state index in [0.717, 1.165) is 37.6 Å². The van der Waals surface area contributed by atoms with Crippen molar-refractivity contribution < 1.29 is 9.21 Å². The summed E-state index contributed by atoms with van der Waals surface area (Å²) in [4.78, 5) is 14.7. The van der Waals surface area contributed by atoms with Crippen molar-refractivity contribution in [2.24, 2.45) is 0 Å². The summed E-state index contributed by atoms with van der Waals surface area (Å²) < 4.78 is 7.53. The third-order valence-electron chi connectivity index (χ3n) is 4.79. The first-order valence-corrected chi connectivity index (χ1v) is 11.4. The predicted molar refractivity (Wildman–Crippen MR) is 120 cm³/mol. The second kappa shape index (κ2) is 9.76. The van der Waals surface area contributed by atoms with Crippen molar-refractivity contribution in [1.29, 1.82) is 0 Å². The lowest BCUT2D eigenvalue weighted by Gasteiger charge is -2.27. The number of aromatic nitrogens is 3. The lowest BCUT2D eigenvalue weighted by molar-refractivity contribution is -0.113. The number of halogens is 2. The highest BCUT2D eigenvalue weighted by Gasteiger charge is 2.22. The molecule has 3 heterocycles. The molecule has 1 N–H and O–H groups in total. The van der Waals surface area contributed by atoms with E-state index in [1.807, 2.05) is 16.7 Å². The van der Waals surface area contributed by atoms with E-state index in [4.69, 9.17) is 27.6 Å². The molecule has 10 heteroatoms. The Morgan fingerprint density at radius 2 is 1.97 bits per heavy atom. The van der Waals surface area contributed by atoms with Gasteiger partial charge in [-0.1, -0.05) is 41.0 Å². The Bertz CT molecular complexity index is 1000. The quantitative estimate of drug-likeness (QED) is 0.497. The zero-order valence-corrected chi connectivity index (χ0v) is 18.5. The number of hydrogen-bond donors (Lipinski definition) is 1. The predicted octanol–water partition coefficient (Wildman–Crippen LogP) is 4.95. The Morgan fingerprint density at radius 1 is 1.13 bits per heavy atom. The second-order valence-electron chi connectivity index (χ2n) is 6.93. The van der Waals surface area contributed by atoms with Crippen LogP contribution < -0.4 is 10.2 Å². The fraction of sp³-hybridized carbons (Fsp3) is 0.350. The van der Waals surface area contributed by atoms with Crippen molar-refractivity contribution in [1.82, 2.24) is 14.8 Å². The molecule has 1 aliphatic heterocycles. The van der Waals surface area contributed by atoms with Crippen molar-refractivity contribution in [2.75, 3.05) is 29.1 Å². The Balaban J connectivity index is 1.48. The van der Waals surface area contributed by atoms with Gasteiger partial charge in [0.15, 0.2) is 5.16 Å². The molecule has 0 atom stereocenters. The van der Waals surface area contributed by atoms with Gasteiger partial charge in [0.2, 0.25) is 11.9 Å². The summed E-state index contributed by atoms with van der Waals surface area (Å²) in [5.41, 5.74) is 0.487. The monoisotopic (exact) mass is 465 g/mol. The Kier molecular flexibility index (Phi) is 6.86. The summed E-state index contributed by atoms with van der Waals surface area (Å²) in [5, 5.41) is 12.9. The van der Waals surface area contributed by atoms with Gasteiger partial charge >= 0.3 is 0 Å². The molecule has 1 saturated heterocycles. The topological polar surface area (TPSA) is 76.2 Å². The van der Waals surface area contributed by atoms with Gasteiger partial charge in [0.1, 0.15) is 5.76 Å². The van der Waals surface area contributed by atoms with E-state index < -0.39 is 0 Å². The molecule has 1 aliphatic rings. The second-order valence-corrected chi connectivity index (χ2v) is 8.66. The number of thioether (sulfide) groups is 1. The van der Waals surface area contributed by atoms with Gasteiger partial charge in [0.25, 0.3) is 0 Å².